The van der Waals surface area contributed by atoms with Gasteiger partial charge in [-0.1, -0.05) is 0 Å². The van der Waals surface area contributed by atoms with E-state index in [9.17, 15) is 9.59 Å². The fourth-order valence-electron chi connectivity index (χ4n) is 2.36. The van der Waals surface area contributed by atoms with Gasteiger partial charge in [-0.25, -0.2) is 4.98 Å². The molecule has 0 N–H and O–H groups in total. The monoisotopic (exact) mass is 271 g/mol. The van der Waals surface area contributed by atoms with Crippen LogP contribution in [0.2, 0.25) is 0 Å². The Balaban J connectivity index is 2.47. The molecule has 0 radical (unpaired) electrons. The summed E-state index contributed by atoms with van der Waals surface area (Å²) in [6, 6.07) is 5.39. The number of hydrogen-bond donors (Lipinski definition) is 0. The van der Waals surface area contributed by atoms with Crippen LogP contribution < -0.4 is 5.56 Å². The van der Waals surface area contributed by atoms with Gasteiger partial charge in [0.1, 0.15) is 12.1 Å². The first-order chi connectivity index (χ1) is 9.63. The number of hydrogen-bond acceptors (Lipinski definition) is 4. The van der Waals surface area contributed by atoms with Crippen molar-refractivity contribution in [3.8, 4) is 0 Å². The molecule has 6 nitrogen and oxygen atoms in total. The predicted molar refractivity (Wildman–Crippen MR) is 73.7 cm³/mol. The quantitative estimate of drug-likeness (QED) is 0.655. The van der Waals surface area contributed by atoms with Crippen LogP contribution in [0.25, 0.3) is 16.7 Å². The molecule has 0 amide bonds. The second-order valence-corrected chi connectivity index (χ2v) is 4.53. The van der Waals surface area contributed by atoms with Gasteiger partial charge in [0, 0.05) is 12.4 Å². The molecule has 20 heavy (non-hydrogen) atoms. The van der Waals surface area contributed by atoms with Crippen LogP contribution in [0.1, 0.15) is 5.56 Å². The number of esters is 1. The van der Waals surface area contributed by atoms with E-state index in [2.05, 4.69) is 9.72 Å². The Morgan fingerprint density at radius 3 is 2.95 bits per heavy atom. The van der Waals surface area contributed by atoms with Crippen molar-refractivity contribution in [2.45, 2.75) is 13.5 Å². The molecule has 0 saturated carbocycles. The predicted octanol–water partition coefficient (Wildman–Crippen LogP) is 1.13. The Morgan fingerprint density at radius 1 is 1.40 bits per heavy atom. The Labute approximate surface area is 114 Å². The zero-order valence-corrected chi connectivity index (χ0v) is 11.2. The molecule has 0 spiro atoms. The molecule has 3 heterocycles. The second-order valence-electron chi connectivity index (χ2n) is 4.53. The molecular formula is C14H13N3O3. The Bertz CT molecular complexity index is 876. The van der Waals surface area contributed by atoms with Crippen LogP contribution in [-0.2, 0) is 16.1 Å². The van der Waals surface area contributed by atoms with E-state index in [1.165, 1.54) is 11.7 Å². The third-order valence-corrected chi connectivity index (χ3v) is 3.33. The SMILES string of the molecule is COC(=O)Cn1c(=O)c2cccn2c2c(C)ccnc21. The van der Waals surface area contributed by atoms with Crippen molar-refractivity contribution in [3.63, 3.8) is 0 Å². The van der Waals surface area contributed by atoms with Crippen molar-refractivity contribution in [1.29, 1.82) is 0 Å². The molecule has 6 heteroatoms. The number of aromatic nitrogens is 3. The number of carbonyl (C=O) groups excluding carboxylic acids is 1. The van der Waals surface area contributed by atoms with Gasteiger partial charge in [0.25, 0.3) is 5.56 Å². The van der Waals surface area contributed by atoms with Crippen LogP contribution in [0, 0.1) is 6.92 Å². The highest BCUT2D eigenvalue weighted by Gasteiger charge is 2.15. The molecule has 0 unspecified atom stereocenters. The number of fused-ring (bicyclic) bond motifs is 3. The van der Waals surface area contributed by atoms with Crippen LogP contribution >= 0.6 is 0 Å². The maximum absolute atomic E-state index is 12.5. The number of nitrogens with zero attached hydrogens (tertiary/aromatic N) is 3. The average molecular weight is 271 g/mol. The van der Waals surface area contributed by atoms with Gasteiger partial charge in [0.2, 0.25) is 0 Å². The van der Waals surface area contributed by atoms with E-state index >= 15 is 0 Å². The summed E-state index contributed by atoms with van der Waals surface area (Å²) < 4.78 is 7.80. The Kier molecular flexibility index (Phi) is 2.78. The molecule has 0 aliphatic carbocycles. The fourth-order valence-corrected chi connectivity index (χ4v) is 2.36. The lowest BCUT2D eigenvalue weighted by Crippen LogP contribution is -2.27. The number of aryl methyl sites for hydroxylation is 1. The molecule has 102 valence electrons. The molecule has 0 fully saturated rings. The van der Waals surface area contributed by atoms with E-state index in [-0.39, 0.29) is 12.1 Å². The summed E-state index contributed by atoms with van der Waals surface area (Å²) in [4.78, 5) is 28.2. The van der Waals surface area contributed by atoms with Gasteiger partial charge < -0.3 is 9.14 Å². The highest BCUT2D eigenvalue weighted by atomic mass is 16.5. The molecule has 0 bridgehead atoms. The van der Waals surface area contributed by atoms with Crippen LogP contribution in [0.4, 0.5) is 0 Å². The van der Waals surface area contributed by atoms with E-state index in [1.807, 2.05) is 19.2 Å². The van der Waals surface area contributed by atoms with Gasteiger partial charge in [-0.2, -0.15) is 0 Å². The zero-order valence-electron chi connectivity index (χ0n) is 11.2. The van der Waals surface area contributed by atoms with E-state index < -0.39 is 5.97 Å². The number of carbonyl (C=O) groups is 1. The lowest BCUT2D eigenvalue weighted by molar-refractivity contribution is -0.141. The maximum atomic E-state index is 12.5. The topological polar surface area (TPSA) is 65.6 Å². The third kappa shape index (κ3) is 1.69. The summed E-state index contributed by atoms with van der Waals surface area (Å²) in [5, 5.41) is 0. The van der Waals surface area contributed by atoms with Crippen molar-refractivity contribution >= 4 is 22.6 Å². The Morgan fingerprint density at radius 2 is 2.20 bits per heavy atom. The van der Waals surface area contributed by atoms with Gasteiger partial charge in [-0.3, -0.25) is 14.2 Å². The van der Waals surface area contributed by atoms with Gasteiger partial charge >= 0.3 is 5.97 Å². The summed E-state index contributed by atoms with van der Waals surface area (Å²) in [6.07, 6.45) is 3.44. The molecule has 0 aromatic carbocycles. The van der Waals surface area contributed by atoms with E-state index in [1.54, 1.807) is 22.7 Å². The largest absolute Gasteiger partial charge is 0.468 e. The number of pyridine rings is 1. The van der Waals surface area contributed by atoms with Gasteiger partial charge in [-0.05, 0) is 30.7 Å². The molecular weight excluding hydrogens is 258 g/mol. The third-order valence-electron chi connectivity index (χ3n) is 3.33. The first kappa shape index (κ1) is 12.4. The van der Waals surface area contributed by atoms with Gasteiger partial charge in [-0.15, -0.1) is 0 Å². The number of rotatable bonds is 2. The highest BCUT2D eigenvalue weighted by Crippen LogP contribution is 2.17. The zero-order chi connectivity index (χ0) is 14.3. The van der Waals surface area contributed by atoms with Crippen molar-refractivity contribution in [1.82, 2.24) is 14.0 Å². The maximum Gasteiger partial charge on any atom is 0.325 e. The van der Waals surface area contributed by atoms with Gasteiger partial charge in [0.05, 0.1) is 12.6 Å². The highest BCUT2D eigenvalue weighted by molar-refractivity contribution is 5.80. The first-order valence-electron chi connectivity index (χ1n) is 6.15. The van der Waals surface area contributed by atoms with E-state index in [0.717, 1.165) is 11.1 Å². The first-order valence-corrected chi connectivity index (χ1v) is 6.15. The van der Waals surface area contributed by atoms with Crippen LogP contribution in [0.15, 0.2) is 35.4 Å². The number of methoxy groups -OCH3 is 1. The van der Waals surface area contributed by atoms with Crippen molar-refractivity contribution in [2.75, 3.05) is 7.11 Å². The average Bonchev–Trinajstić information content (AvgIpc) is 2.92. The second kappa shape index (κ2) is 4.48. The summed E-state index contributed by atoms with van der Waals surface area (Å²) in [5.74, 6) is -0.479. The Hall–Kier alpha value is -2.63. The molecule has 3 rings (SSSR count). The lowest BCUT2D eigenvalue weighted by Gasteiger charge is -2.12. The standard InChI is InChI=1S/C14H13N3O3/c1-9-5-6-15-13-12(9)16-7-3-4-10(16)14(19)17(13)8-11(18)20-2/h3-7H,8H2,1-2H3. The summed E-state index contributed by atoms with van der Waals surface area (Å²) in [5.41, 5.74) is 2.53. The van der Waals surface area contributed by atoms with E-state index in [4.69, 9.17) is 0 Å². The van der Waals surface area contributed by atoms with Gasteiger partial charge in [0.15, 0.2) is 5.65 Å². The minimum Gasteiger partial charge on any atom is -0.468 e. The summed E-state index contributed by atoms with van der Waals surface area (Å²) in [7, 11) is 1.30. The number of ether oxygens (including phenoxy) is 1. The minimum absolute atomic E-state index is 0.149. The van der Waals surface area contributed by atoms with Crippen molar-refractivity contribution < 1.29 is 9.53 Å². The molecule has 0 saturated heterocycles. The molecule has 0 aliphatic rings. The molecule has 0 aliphatic heterocycles. The van der Waals surface area contributed by atoms with Crippen LogP contribution in [-0.4, -0.2) is 27.0 Å². The van der Waals surface area contributed by atoms with Crippen molar-refractivity contribution in [3.05, 3.63) is 46.5 Å². The summed E-state index contributed by atoms with van der Waals surface area (Å²) >= 11 is 0. The lowest BCUT2D eigenvalue weighted by atomic mass is 10.2. The normalized spacial score (nSPS) is 11.1. The van der Waals surface area contributed by atoms with E-state index in [0.29, 0.717) is 11.2 Å². The minimum atomic E-state index is -0.479. The molecule has 3 aromatic rings. The smallest absolute Gasteiger partial charge is 0.325 e. The van der Waals surface area contributed by atoms with Crippen LogP contribution in [0.3, 0.4) is 0 Å². The molecule has 3 aromatic heterocycles. The van der Waals surface area contributed by atoms with Crippen molar-refractivity contribution in [2.24, 2.45) is 0 Å². The van der Waals surface area contributed by atoms with Crippen LogP contribution in [0.5, 0.6) is 0 Å². The fraction of sp³-hybridized carbons (Fsp3) is 0.214. The summed E-state index contributed by atoms with van der Waals surface area (Å²) in [6.45, 7) is 1.79. The molecule has 0 atom stereocenters.